The molecule has 0 unspecified atom stereocenters. The van der Waals surface area contributed by atoms with Crippen LogP contribution < -0.4 is 10.2 Å². The van der Waals surface area contributed by atoms with Gasteiger partial charge in [-0.15, -0.1) is 0 Å². The monoisotopic (exact) mass is 525 g/mol. The van der Waals surface area contributed by atoms with E-state index in [1.807, 2.05) is 12.1 Å². The minimum absolute atomic E-state index is 0.172. The summed E-state index contributed by atoms with van der Waals surface area (Å²) in [5.74, 6) is -0.196. The van der Waals surface area contributed by atoms with Gasteiger partial charge in [0.1, 0.15) is 23.6 Å². The van der Waals surface area contributed by atoms with Crippen LogP contribution in [0.5, 0.6) is 0 Å². The van der Waals surface area contributed by atoms with Crippen molar-refractivity contribution in [2.24, 2.45) is 0 Å². The summed E-state index contributed by atoms with van der Waals surface area (Å²) in [6.45, 7) is 18.4. The first-order chi connectivity index (χ1) is 17.6. The zero-order valence-electron chi connectivity index (χ0n) is 24.8. The number of esters is 1. The van der Waals surface area contributed by atoms with Crippen LogP contribution in [0.3, 0.4) is 0 Å². The molecule has 1 N–H and O–H groups in total. The van der Waals surface area contributed by atoms with Crippen molar-refractivity contribution in [2.45, 2.75) is 111 Å². The normalized spacial score (nSPS) is 12.2. The number of ether oxygens (including phenoxy) is 2. The van der Waals surface area contributed by atoms with Crippen LogP contribution in [0.4, 0.5) is 10.6 Å². The van der Waals surface area contributed by atoms with E-state index in [2.05, 4.69) is 55.3 Å². The average molecular weight is 526 g/mol. The summed E-state index contributed by atoms with van der Waals surface area (Å²) in [6, 6.07) is 14.2. The summed E-state index contributed by atoms with van der Waals surface area (Å²) < 4.78 is 11.0. The Morgan fingerprint density at radius 3 is 2.08 bits per heavy atom. The van der Waals surface area contributed by atoms with Crippen molar-refractivity contribution in [1.29, 1.82) is 0 Å². The van der Waals surface area contributed by atoms with Crippen LogP contribution >= 0.6 is 0 Å². The fourth-order valence-corrected chi connectivity index (χ4v) is 3.95. The highest BCUT2D eigenvalue weighted by molar-refractivity contribution is 5.92. The molecule has 0 aliphatic rings. The van der Waals surface area contributed by atoms with E-state index < -0.39 is 23.3 Å². The van der Waals surface area contributed by atoms with E-state index in [-0.39, 0.29) is 12.0 Å². The van der Waals surface area contributed by atoms with Crippen LogP contribution in [-0.2, 0) is 32.8 Å². The standard InChI is InChI=1S/C31H47N3O4/c1-10-11-19-31(8,9)24-17-15-23(16-18-24)20-32-21-25-13-12-14-26(33-25)34(28(36)38-30(5,6)7)22-27(35)37-29(2,3)4/h12-18,32H,10-11,19-22H2,1-9H3. The lowest BCUT2D eigenvalue weighted by molar-refractivity contribution is -0.153. The number of hydrogen-bond acceptors (Lipinski definition) is 6. The molecular weight excluding hydrogens is 478 g/mol. The number of pyridine rings is 1. The summed E-state index contributed by atoms with van der Waals surface area (Å²) >= 11 is 0. The van der Waals surface area contributed by atoms with Gasteiger partial charge in [-0.1, -0.05) is 63.9 Å². The molecule has 2 rings (SSSR count). The molecule has 0 atom stereocenters. The van der Waals surface area contributed by atoms with Crippen molar-refractivity contribution in [3.05, 3.63) is 59.3 Å². The molecule has 1 aromatic heterocycles. The third-order valence-corrected chi connectivity index (χ3v) is 5.92. The molecule has 0 radical (unpaired) electrons. The fraction of sp³-hybridized carbons (Fsp3) is 0.581. The topological polar surface area (TPSA) is 80.8 Å². The largest absolute Gasteiger partial charge is 0.459 e. The molecule has 0 aliphatic heterocycles. The number of aromatic nitrogens is 1. The molecule has 1 heterocycles. The predicted molar refractivity (Wildman–Crippen MR) is 153 cm³/mol. The van der Waals surface area contributed by atoms with Gasteiger partial charge in [-0.05, 0) is 76.6 Å². The van der Waals surface area contributed by atoms with E-state index in [1.165, 1.54) is 35.3 Å². The molecule has 2 aromatic rings. The number of rotatable bonds is 11. The summed E-state index contributed by atoms with van der Waals surface area (Å²) in [5.41, 5.74) is 2.08. The Morgan fingerprint density at radius 1 is 0.868 bits per heavy atom. The zero-order valence-corrected chi connectivity index (χ0v) is 24.8. The molecule has 0 fully saturated rings. The van der Waals surface area contributed by atoms with Crippen molar-refractivity contribution >= 4 is 17.9 Å². The maximum Gasteiger partial charge on any atom is 0.416 e. The molecule has 7 heteroatoms. The molecular formula is C31H47N3O4. The van der Waals surface area contributed by atoms with E-state index in [4.69, 9.17) is 9.47 Å². The van der Waals surface area contributed by atoms with E-state index in [9.17, 15) is 9.59 Å². The molecule has 38 heavy (non-hydrogen) atoms. The number of benzene rings is 1. The van der Waals surface area contributed by atoms with Crippen LogP contribution in [0, 0.1) is 0 Å². The maximum absolute atomic E-state index is 13.0. The molecule has 0 bridgehead atoms. The van der Waals surface area contributed by atoms with Gasteiger partial charge in [0.2, 0.25) is 0 Å². The molecule has 210 valence electrons. The van der Waals surface area contributed by atoms with Crippen LogP contribution in [0.2, 0.25) is 0 Å². The Balaban J connectivity index is 2.09. The number of carbonyl (C=O) groups is 2. The number of amides is 1. The minimum Gasteiger partial charge on any atom is -0.459 e. The van der Waals surface area contributed by atoms with Gasteiger partial charge in [0.25, 0.3) is 0 Å². The average Bonchev–Trinajstić information content (AvgIpc) is 2.79. The van der Waals surface area contributed by atoms with Gasteiger partial charge in [-0.3, -0.25) is 9.69 Å². The number of anilines is 1. The van der Waals surface area contributed by atoms with Gasteiger partial charge >= 0.3 is 12.1 Å². The number of carbonyl (C=O) groups excluding carboxylic acids is 2. The first kappa shape index (κ1) is 31.3. The van der Waals surface area contributed by atoms with Gasteiger partial charge in [-0.2, -0.15) is 0 Å². The smallest absolute Gasteiger partial charge is 0.416 e. The Bertz CT molecular complexity index is 1050. The molecule has 1 amide bonds. The Labute approximate surface area is 229 Å². The lowest BCUT2D eigenvalue weighted by atomic mass is 9.80. The number of nitrogens with zero attached hydrogens (tertiary/aromatic N) is 2. The highest BCUT2D eigenvalue weighted by Gasteiger charge is 2.28. The second-order valence-electron chi connectivity index (χ2n) is 12.4. The number of nitrogens with one attached hydrogen (secondary N) is 1. The van der Waals surface area contributed by atoms with Crippen molar-refractivity contribution < 1.29 is 19.1 Å². The summed E-state index contributed by atoms with van der Waals surface area (Å²) in [4.78, 5) is 31.4. The summed E-state index contributed by atoms with van der Waals surface area (Å²) in [7, 11) is 0. The lowest BCUT2D eigenvalue weighted by Gasteiger charge is -2.27. The molecule has 0 saturated heterocycles. The third-order valence-electron chi connectivity index (χ3n) is 5.92. The highest BCUT2D eigenvalue weighted by Crippen LogP contribution is 2.29. The first-order valence-corrected chi connectivity index (χ1v) is 13.6. The van der Waals surface area contributed by atoms with Crippen LogP contribution in [0.15, 0.2) is 42.5 Å². The van der Waals surface area contributed by atoms with Gasteiger partial charge < -0.3 is 14.8 Å². The Morgan fingerprint density at radius 2 is 1.50 bits per heavy atom. The SMILES string of the molecule is CCCCC(C)(C)c1ccc(CNCc2cccc(N(CC(=O)OC(C)(C)C)C(=O)OC(C)(C)C)n2)cc1. The van der Waals surface area contributed by atoms with Gasteiger partial charge in [0.05, 0.1) is 5.69 Å². The second kappa shape index (κ2) is 13.2. The molecule has 7 nitrogen and oxygen atoms in total. The van der Waals surface area contributed by atoms with Crippen LogP contribution in [0.25, 0.3) is 0 Å². The minimum atomic E-state index is -0.719. The van der Waals surface area contributed by atoms with E-state index in [1.54, 1.807) is 47.6 Å². The van der Waals surface area contributed by atoms with E-state index >= 15 is 0 Å². The fourth-order valence-electron chi connectivity index (χ4n) is 3.95. The Hall–Kier alpha value is -2.93. The second-order valence-corrected chi connectivity index (χ2v) is 12.4. The van der Waals surface area contributed by atoms with Gasteiger partial charge in [0.15, 0.2) is 0 Å². The van der Waals surface area contributed by atoms with Crippen molar-refractivity contribution in [2.75, 3.05) is 11.4 Å². The molecule has 0 saturated carbocycles. The molecule has 0 aliphatic carbocycles. The number of hydrogen-bond donors (Lipinski definition) is 1. The highest BCUT2D eigenvalue weighted by atomic mass is 16.6. The molecule has 1 aromatic carbocycles. The summed E-state index contributed by atoms with van der Waals surface area (Å²) in [5, 5.41) is 3.43. The summed E-state index contributed by atoms with van der Waals surface area (Å²) in [6.07, 6.45) is 2.96. The maximum atomic E-state index is 13.0. The van der Waals surface area contributed by atoms with Crippen molar-refractivity contribution in [1.82, 2.24) is 10.3 Å². The number of unbranched alkanes of at least 4 members (excludes halogenated alkanes) is 1. The quantitative estimate of drug-likeness (QED) is 0.321. The van der Waals surface area contributed by atoms with Crippen LogP contribution in [0.1, 0.15) is 98.4 Å². The van der Waals surface area contributed by atoms with E-state index in [0.29, 0.717) is 18.9 Å². The third kappa shape index (κ3) is 10.8. The van der Waals surface area contributed by atoms with Crippen molar-refractivity contribution in [3.63, 3.8) is 0 Å². The van der Waals surface area contributed by atoms with Gasteiger partial charge in [-0.25, -0.2) is 9.78 Å². The Kier molecular flexibility index (Phi) is 10.9. The van der Waals surface area contributed by atoms with Gasteiger partial charge in [0, 0.05) is 13.1 Å². The first-order valence-electron chi connectivity index (χ1n) is 13.6. The van der Waals surface area contributed by atoms with Crippen LogP contribution in [-0.4, -0.2) is 34.8 Å². The molecule has 0 spiro atoms. The predicted octanol–water partition coefficient (Wildman–Crippen LogP) is 6.92. The van der Waals surface area contributed by atoms with Crippen molar-refractivity contribution in [3.8, 4) is 0 Å². The van der Waals surface area contributed by atoms with E-state index in [0.717, 1.165) is 5.69 Å². The zero-order chi connectivity index (χ0) is 28.6. The lowest BCUT2D eigenvalue weighted by Crippen LogP contribution is -2.42.